The third-order valence-corrected chi connectivity index (χ3v) is 3.44. The van der Waals surface area contributed by atoms with E-state index in [2.05, 4.69) is 5.32 Å². The highest BCUT2D eigenvalue weighted by Crippen LogP contribution is 2.00. The van der Waals surface area contributed by atoms with Crippen molar-refractivity contribution >= 4 is 15.7 Å². The largest absolute Gasteiger partial charge is 0.342 e. The number of nitrogens with one attached hydrogen (secondary N) is 1. The van der Waals surface area contributed by atoms with Crippen LogP contribution in [0.1, 0.15) is 6.92 Å². The molecule has 0 aromatic carbocycles. The van der Waals surface area contributed by atoms with E-state index in [0.29, 0.717) is 0 Å². The molecule has 6 nitrogen and oxygen atoms in total. The van der Waals surface area contributed by atoms with Gasteiger partial charge in [-0.15, -0.1) is 0 Å². The molecule has 0 bridgehead atoms. The third kappa shape index (κ3) is 6.88. The normalized spacial score (nSPS) is 12.9. The lowest BCUT2D eigenvalue weighted by atomic mass is 10.2. The molecule has 0 aliphatic carbocycles. The van der Waals surface area contributed by atoms with E-state index in [9.17, 15) is 13.2 Å². The summed E-state index contributed by atoms with van der Waals surface area (Å²) < 4.78 is 22.7. The molecule has 0 saturated heterocycles. The second-order valence-corrected chi connectivity index (χ2v) is 5.44. The van der Waals surface area contributed by atoms with Gasteiger partial charge in [-0.3, -0.25) is 4.79 Å². The maximum absolute atomic E-state index is 11.4. The third-order valence-electron chi connectivity index (χ3n) is 1.66. The number of nitriles is 1. The summed E-state index contributed by atoms with van der Waals surface area (Å²) in [4.78, 5) is 11.0. The molecule has 0 aliphatic heterocycles. The first-order valence-corrected chi connectivity index (χ1v) is 6.27. The van der Waals surface area contributed by atoms with Gasteiger partial charge >= 0.3 is 0 Å². The molecule has 0 heterocycles. The van der Waals surface area contributed by atoms with Crippen LogP contribution in [0.5, 0.6) is 0 Å². The van der Waals surface area contributed by atoms with E-state index >= 15 is 0 Å². The Hall–Kier alpha value is -1.13. The van der Waals surface area contributed by atoms with Crippen molar-refractivity contribution < 1.29 is 13.2 Å². The van der Waals surface area contributed by atoms with Gasteiger partial charge in [0.2, 0.25) is 5.91 Å². The summed E-state index contributed by atoms with van der Waals surface area (Å²) in [6, 6.07) is 1.69. The highest BCUT2D eigenvalue weighted by atomic mass is 32.2. The molecule has 7 heteroatoms. The molecule has 0 rings (SSSR count). The number of hydrogen-bond donors (Lipinski definition) is 2. The van der Waals surface area contributed by atoms with Crippen molar-refractivity contribution in [1.29, 1.82) is 5.26 Å². The molecule has 0 radical (unpaired) electrons. The first kappa shape index (κ1) is 13.9. The van der Waals surface area contributed by atoms with Crippen LogP contribution in [0.3, 0.4) is 0 Å². The van der Waals surface area contributed by atoms with Crippen LogP contribution in [-0.2, 0) is 14.6 Å². The molecule has 1 amide bonds. The van der Waals surface area contributed by atoms with Gasteiger partial charge < -0.3 is 11.1 Å². The van der Waals surface area contributed by atoms with Crippen LogP contribution in [0.4, 0.5) is 0 Å². The van der Waals surface area contributed by atoms with Gasteiger partial charge in [-0.25, -0.2) is 8.42 Å². The van der Waals surface area contributed by atoms with Crippen molar-refractivity contribution in [3.05, 3.63) is 0 Å². The fourth-order valence-corrected chi connectivity index (χ4v) is 2.57. The zero-order valence-electron chi connectivity index (χ0n) is 8.56. The molecule has 0 spiro atoms. The van der Waals surface area contributed by atoms with E-state index in [1.54, 1.807) is 13.0 Å². The number of sulfone groups is 1. The summed E-state index contributed by atoms with van der Waals surface area (Å²) in [6.07, 6.45) is 0. The van der Waals surface area contributed by atoms with Crippen molar-refractivity contribution in [3.63, 3.8) is 0 Å². The SMILES string of the molecule is CC(CN)CS(=O)(=O)CC(=O)NCC#N. The first-order valence-electron chi connectivity index (χ1n) is 4.45. The minimum atomic E-state index is -3.42. The van der Waals surface area contributed by atoms with Crippen LogP contribution in [0, 0.1) is 17.2 Å². The molecule has 15 heavy (non-hydrogen) atoms. The van der Waals surface area contributed by atoms with Crippen molar-refractivity contribution in [3.8, 4) is 6.07 Å². The second-order valence-electron chi connectivity index (χ2n) is 3.33. The molecule has 0 aromatic heterocycles. The Morgan fingerprint density at radius 1 is 1.60 bits per heavy atom. The van der Waals surface area contributed by atoms with Gasteiger partial charge in [-0.2, -0.15) is 5.26 Å². The average molecular weight is 233 g/mol. The summed E-state index contributed by atoms with van der Waals surface area (Å²) in [6.45, 7) is 1.78. The summed E-state index contributed by atoms with van der Waals surface area (Å²) >= 11 is 0. The van der Waals surface area contributed by atoms with Gasteiger partial charge in [0, 0.05) is 0 Å². The lowest BCUT2D eigenvalue weighted by molar-refractivity contribution is -0.118. The lowest BCUT2D eigenvalue weighted by Crippen LogP contribution is -2.33. The fourth-order valence-electron chi connectivity index (χ4n) is 0.949. The van der Waals surface area contributed by atoms with Gasteiger partial charge in [-0.05, 0) is 12.5 Å². The molecule has 86 valence electrons. The molecule has 1 unspecified atom stereocenters. The molecule has 0 aromatic rings. The van der Waals surface area contributed by atoms with E-state index < -0.39 is 21.5 Å². The molecule has 3 N–H and O–H groups in total. The van der Waals surface area contributed by atoms with E-state index in [1.807, 2.05) is 0 Å². The molecular formula is C8H15N3O3S. The molecule has 0 saturated carbocycles. The van der Waals surface area contributed by atoms with Gasteiger partial charge in [0.15, 0.2) is 9.84 Å². The Morgan fingerprint density at radius 2 is 2.20 bits per heavy atom. The van der Waals surface area contributed by atoms with Crippen LogP contribution < -0.4 is 11.1 Å². The highest BCUT2D eigenvalue weighted by molar-refractivity contribution is 7.92. The maximum atomic E-state index is 11.4. The zero-order chi connectivity index (χ0) is 11.9. The van der Waals surface area contributed by atoms with Gasteiger partial charge in [0.1, 0.15) is 12.3 Å². The molecule has 1 atom stereocenters. The average Bonchev–Trinajstić information content (AvgIpc) is 2.12. The Bertz CT molecular complexity index is 345. The molecule has 0 aliphatic rings. The Balaban J connectivity index is 4.15. The first-order chi connectivity index (χ1) is 6.91. The zero-order valence-corrected chi connectivity index (χ0v) is 9.38. The van der Waals surface area contributed by atoms with Crippen LogP contribution in [0.15, 0.2) is 0 Å². The second kappa shape index (κ2) is 6.37. The number of carbonyl (C=O) groups excluding carboxylic acids is 1. The van der Waals surface area contributed by atoms with Crippen LogP contribution in [-0.4, -0.2) is 38.9 Å². The molecule has 0 fully saturated rings. The van der Waals surface area contributed by atoms with Crippen molar-refractivity contribution in [2.45, 2.75) is 6.92 Å². The monoisotopic (exact) mass is 233 g/mol. The summed E-state index contributed by atoms with van der Waals surface area (Å²) in [5, 5.41) is 10.3. The molecular weight excluding hydrogens is 218 g/mol. The van der Waals surface area contributed by atoms with Crippen LogP contribution in [0.2, 0.25) is 0 Å². The number of hydrogen-bond acceptors (Lipinski definition) is 5. The Morgan fingerprint density at radius 3 is 2.67 bits per heavy atom. The Labute approximate surface area is 89.4 Å². The minimum absolute atomic E-state index is 0.108. The van der Waals surface area contributed by atoms with Crippen molar-refractivity contribution in [2.75, 3.05) is 24.6 Å². The van der Waals surface area contributed by atoms with E-state index in [1.165, 1.54) is 0 Å². The predicted molar refractivity (Wildman–Crippen MR) is 55.5 cm³/mol. The van der Waals surface area contributed by atoms with Gasteiger partial charge in [-0.1, -0.05) is 6.92 Å². The summed E-state index contributed by atoms with van der Waals surface area (Å²) in [7, 11) is -3.42. The van der Waals surface area contributed by atoms with Gasteiger partial charge in [0.25, 0.3) is 0 Å². The van der Waals surface area contributed by atoms with Crippen molar-refractivity contribution in [1.82, 2.24) is 5.32 Å². The van der Waals surface area contributed by atoms with Gasteiger partial charge in [0.05, 0.1) is 11.8 Å². The standard InChI is InChI=1S/C8H15N3O3S/c1-7(4-10)5-15(13,14)6-8(12)11-3-2-9/h7H,3-6,10H2,1H3,(H,11,12). The smallest absolute Gasteiger partial charge is 0.236 e. The van der Waals surface area contributed by atoms with Crippen LogP contribution >= 0.6 is 0 Å². The number of nitrogens with zero attached hydrogens (tertiary/aromatic N) is 1. The minimum Gasteiger partial charge on any atom is -0.342 e. The maximum Gasteiger partial charge on any atom is 0.236 e. The summed E-state index contributed by atoms with van der Waals surface area (Å²) in [5.74, 6) is -1.51. The van der Waals surface area contributed by atoms with E-state index in [4.69, 9.17) is 11.0 Å². The topological polar surface area (TPSA) is 113 Å². The summed E-state index contributed by atoms with van der Waals surface area (Å²) in [5.41, 5.74) is 5.28. The predicted octanol–water partition coefficient (Wildman–Crippen LogP) is -1.36. The quantitative estimate of drug-likeness (QED) is 0.550. The number of nitrogens with two attached hydrogens (primary N) is 1. The Kier molecular flexibility index (Phi) is 5.89. The van der Waals surface area contributed by atoms with Crippen LogP contribution in [0.25, 0.3) is 0 Å². The number of carbonyl (C=O) groups is 1. The fraction of sp³-hybridized carbons (Fsp3) is 0.750. The number of amides is 1. The van der Waals surface area contributed by atoms with E-state index in [-0.39, 0.29) is 24.8 Å². The lowest BCUT2D eigenvalue weighted by Gasteiger charge is -2.08. The number of rotatable bonds is 6. The van der Waals surface area contributed by atoms with Crippen molar-refractivity contribution in [2.24, 2.45) is 11.7 Å². The van der Waals surface area contributed by atoms with E-state index in [0.717, 1.165) is 0 Å². The highest BCUT2D eigenvalue weighted by Gasteiger charge is 2.18.